The fraction of sp³-hybridized carbons (Fsp3) is 0.462. The molecule has 17 heavy (non-hydrogen) atoms. The highest BCUT2D eigenvalue weighted by Crippen LogP contribution is 2.11. The number of halogens is 1. The number of hydrogen-bond donors (Lipinski definition) is 1. The van der Waals surface area contributed by atoms with Gasteiger partial charge in [0, 0.05) is 24.1 Å². The molecule has 1 aromatic rings. The van der Waals surface area contributed by atoms with Crippen molar-refractivity contribution in [3.8, 4) is 0 Å². The predicted octanol–water partition coefficient (Wildman–Crippen LogP) is 2.80. The summed E-state index contributed by atoms with van der Waals surface area (Å²) in [6.07, 6.45) is 3.16. The van der Waals surface area contributed by atoms with Crippen molar-refractivity contribution in [2.24, 2.45) is 0 Å². The monoisotopic (exact) mass is 296 g/mol. The molecule has 1 aliphatic heterocycles. The Labute approximate surface area is 110 Å². The number of likely N-dealkylation sites (tertiary alicyclic amines) is 1. The third-order valence-corrected chi connectivity index (χ3v) is 3.53. The van der Waals surface area contributed by atoms with Gasteiger partial charge in [-0.05, 0) is 37.0 Å². The Balaban J connectivity index is 1.72. The summed E-state index contributed by atoms with van der Waals surface area (Å²) in [6, 6.07) is 8.28. The minimum atomic E-state index is 0.0830. The molecule has 2 rings (SSSR count). The van der Waals surface area contributed by atoms with E-state index in [4.69, 9.17) is 0 Å². The maximum Gasteiger partial charge on any atom is 0.317 e. The largest absolute Gasteiger partial charge is 0.338 e. The van der Waals surface area contributed by atoms with E-state index in [1.54, 1.807) is 0 Å². The van der Waals surface area contributed by atoms with Crippen molar-refractivity contribution in [1.82, 2.24) is 10.2 Å². The Morgan fingerprint density at radius 2 is 1.88 bits per heavy atom. The molecular formula is C13H17BrN2O. The van der Waals surface area contributed by atoms with Gasteiger partial charge in [0.05, 0.1) is 0 Å². The van der Waals surface area contributed by atoms with Crippen molar-refractivity contribution < 1.29 is 4.79 Å². The van der Waals surface area contributed by atoms with Crippen LogP contribution in [0.5, 0.6) is 0 Å². The van der Waals surface area contributed by atoms with Crippen molar-refractivity contribution >= 4 is 22.0 Å². The highest BCUT2D eigenvalue weighted by atomic mass is 79.9. The van der Waals surface area contributed by atoms with Gasteiger partial charge in [-0.2, -0.15) is 0 Å². The molecule has 0 spiro atoms. The normalized spacial score (nSPS) is 15.0. The van der Waals surface area contributed by atoms with Gasteiger partial charge in [-0.1, -0.05) is 28.1 Å². The molecule has 1 heterocycles. The summed E-state index contributed by atoms with van der Waals surface area (Å²) in [7, 11) is 0. The van der Waals surface area contributed by atoms with E-state index in [2.05, 4.69) is 33.4 Å². The molecule has 1 N–H and O–H groups in total. The van der Waals surface area contributed by atoms with Gasteiger partial charge in [-0.15, -0.1) is 0 Å². The summed E-state index contributed by atoms with van der Waals surface area (Å²) >= 11 is 3.41. The lowest BCUT2D eigenvalue weighted by Crippen LogP contribution is -2.38. The first kappa shape index (κ1) is 12.4. The summed E-state index contributed by atoms with van der Waals surface area (Å²) < 4.78 is 1.09. The molecule has 0 aromatic heterocycles. The Morgan fingerprint density at radius 3 is 2.53 bits per heavy atom. The van der Waals surface area contributed by atoms with E-state index in [1.807, 2.05) is 17.0 Å². The Bertz CT molecular complexity index is 372. The van der Waals surface area contributed by atoms with Crippen molar-refractivity contribution in [3.05, 3.63) is 34.3 Å². The second-order valence-electron chi connectivity index (χ2n) is 4.30. The highest BCUT2D eigenvalue weighted by molar-refractivity contribution is 9.10. The summed E-state index contributed by atoms with van der Waals surface area (Å²) in [5, 5.41) is 2.96. The van der Waals surface area contributed by atoms with E-state index >= 15 is 0 Å². The molecule has 0 radical (unpaired) electrons. The van der Waals surface area contributed by atoms with Gasteiger partial charge < -0.3 is 10.2 Å². The fourth-order valence-corrected chi connectivity index (χ4v) is 2.26. The van der Waals surface area contributed by atoms with Crippen molar-refractivity contribution in [2.45, 2.75) is 19.3 Å². The zero-order chi connectivity index (χ0) is 12.1. The van der Waals surface area contributed by atoms with Crippen LogP contribution in [0.1, 0.15) is 18.4 Å². The number of carbonyl (C=O) groups is 1. The third kappa shape index (κ3) is 3.73. The molecule has 4 heteroatoms. The molecule has 0 saturated carbocycles. The Hall–Kier alpha value is -1.03. The Morgan fingerprint density at radius 1 is 1.24 bits per heavy atom. The number of amides is 2. The van der Waals surface area contributed by atoms with E-state index in [1.165, 1.54) is 5.56 Å². The van der Waals surface area contributed by atoms with Gasteiger partial charge >= 0.3 is 6.03 Å². The molecule has 1 aliphatic rings. The minimum absolute atomic E-state index is 0.0830. The van der Waals surface area contributed by atoms with Crippen molar-refractivity contribution in [3.63, 3.8) is 0 Å². The minimum Gasteiger partial charge on any atom is -0.338 e. The molecule has 92 valence electrons. The summed E-state index contributed by atoms with van der Waals surface area (Å²) in [4.78, 5) is 13.6. The molecule has 3 nitrogen and oxygen atoms in total. The quantitative estimate of drug-likeness (QED) is 0.914. The lowest BCUT2D eigenvalue weighted by atomic mass is 10.1. The van der Waals surface area contributed by atoms with Crippen LogP contribution in [0.2, 0.25) is 0 Å². The van der Waals surface area contributed by atoms with E-state index in [0.717, 1.165) is 36.8 Å². The topological polar surface area (TPSA) is 32.3 Å². The van der Waals surface area contributed by atoms with Crippen LogP contribution in [-0.4, -0.2) is 30.6 Å². The first-order valence-electron chi connectivity index (χ1n) is 6.03. The average Bonchev–Trinajstić information content (AvgIpc) is 2.85. The second kappa shape index (κ2) is 6.05. The lowest BCUT2D eigenvalue weighted by molar-refractivity contribution is 0.209. The van der Waals surface area contributed by atoms with Gasteiger partial charge in [0.1, 0.15) is 0 Å². The van der Waals surface area contributed by atoms with E-state index in [0.29, 0.717) is 6.54 Å². The number of carbonyl (C=O) groups excluding carboxylic acids is 1. The van der Waals surface area contributed by atoms with E-state index < -0.39 is 0 Å². The maximum atomic E-state index is 11.7. The van der Waals surface area contributed by atoms with Crippen molar-refractivity contribution in [1.29, 1.82) is 0 Å². The second-order valence-corrected chi connectivity index (χ2v) is 5.22. The number of nitrogens with one attached hydrogen (secondary N) is 1. The smallest absolute Gasteiger partial charge is 0.317 e. The number of rotatable bonds is 3. The number of nitrogens with zero attached hydrogens (tertiary/aromatic N) is 1. The highest BCUT2D eigenvalue weighted by Gasteiger charge is 2.16. The summed E-state index contributed by atoms with van der Waals surface area (Å²) in [6.45, 7) is 2.52. The van der Waals surface area contributed by atoms with Gasteiger partial charge in [-0.25, -0.2) is 4.79 Å². The molecule has 0 aliphatic carbocycles. The Kier molecular flexibility index (Phi) is 4.42. The number of hydrogen-bond acceptors (Lipinski definition) is 1. The van der Waals surface area contributed by atoms with Crippen LogP contribution in [0.3, 0.4) is 0 Å². The average molecular weight is 297 g/mol. The number of benzene rings is 1. The predicted molar refractivity (Wildman–Crippen MR) is 72.1 cm³/mol. The van der Waals surface area contributed by atoms with Gasteiger partial charge in [0.25, 0.3) is 0 Å². The first-order valence-corrected chi connectivity index (χ1v) is 6.82. The third-order valence-electron chi connectivity index (χ3n) is 3.00. The van der Waals surface area contributed by atoms with Crippen LogP contribution in [-0.2, 0) is 6.42 Å². The molecule has 0 bridgehead atoms. The van der Waals surface area contributed by atoms with Crippen molar-refractivity contribution in [2.75, 3.05) is 19.6 Å². The van der Waals surface area contributed by atoms with E-state index in [9.17, 15) is 4.79 Å². The van der Waals surface area contributed by atoms with Gasteiger partial charge in [0.2, 0.25) is 0 Å². The summed E-state index contributed by atoms with van der Waals surface area (Å²) in [5.41, 5.74) is 1.25. The molecule has 0 unspecified atom stereocenters. The zero-order valence-electron chi connectivity index (χ0n) is 9.79. The van der Waals surface area contributed by atoms with Gasteiger partial charge in [-0.3, -0.25) is 0 Å². The molecule has 2 amide bonds. The first-order chi connectivity index (χ1) is 8.25. The van der Waals surface area contributed by atoms with Crippen LogP contribution in [0.25, 0.3) is 0 Å². The summed E-state index contributed by atoms with van der Waals surface area (Å²) in [5.74, 6) is 0. The van der Waals surface area contributed by atoms with Crippen LogP contribution in [0, 0.1) is 0 Å². The van der Waals surface area contributed by atoms with E-state index in [-0.39, 0.29) is 6.03 Å². The van der Waals surface area contributed by atoms with Crippen LogP contribution in [0.4, 0.5) is 4.79 Å². The van der Waals surface area contributed by atoms with Crippen LogP contribution < -0.4 is 5.32 Å². The lowest BCUT2D eigenvalue weighted by Gasteiger charge is -2.16. The molecule has 1 aromatic carbocycles. The number of urea groups is 1. The standard InChI is InChI=1S/C13H17BrN2O/c14-12-5-3-11(4-6-12)7-8-15-13(17)16-9-1-2-10-16/h3-6H,1-2,7-10H2,(H,15,17). The fourth-order valence-electron chi connectivity index (χ4n) is 2.00. The molecule has 1 saturated heterocycles. The maximum absolute atomic E-state index is 11.7. The molecular weight excluding hydrogens is 280 g/mol. The van der Waals surface area contributed by atoms with Gasteiger partial charge in [0.15, 0.2) is 0 Å². The SMILES string of the molecule is O=C(NCCc1ccc(Br)cc1)N1CCCC1. The molecule has 1 fully saturated rings. The molecule has 0 atom stereocenters. The zero-order valence-corrected chi connectivity index (χ0v) is 11.4. The van der Waals surface area contributed by atoms with Crippen LogP contribution >= 0.6 is 15.9 Å². The van der Waals surface area contributed by atoms with Crippen LogP contribution in [0.15, 0.2) is 28.7 Å².